The van der Waals surface area contributed by atoms with Crippen molar-refractivity contribution in [1.29, 1.82) is 0 Å². The summed E-state index contributed by atoms with van der Waals surface area (Å²) in [5.74, 6) is 1.81. The highest BCUT2D eigenvalue weighted by molar-refractivity contribution is 5.72. The van der Waals surface area contributed by atoms with Crippen molar-refractivity contribution in [3.8, 4) is 0 Å². The average molecular weight is 456 g/mol. The third-order valence-corrected chi connectivity index (χ3v) is 5.64. The summed E-state index contributed by atoms with van der Waals surface area (Å²) in [7, 11) is 1.65. The van der Waals surface area contributed by atoms with Crippen LogP contribution in [0.25, 0.3) is 5.52 Å². The van der Waals surface area contributed by atoms with Gasteiger partial charge < -0.3 is 24.8 Å². The second-order valence-electron chi connectivity index (χ2n) is 8.90. The van der Waals surface area contributed by atoms with Gasteiger partial charge in [-0.05, 0) is 32.8 Å². The molecule has 0 radical (unpaired) electrons. The Morgan fingerprint density at radius 2 is 2.21 bits per heavy atom. The van der Waals surface area contributed by atoms with Crippen LogP contribution in [0.15, 0.2) is 18.3 Å². The molecule has 3 aromatic rings. The third-order valence-electron chi connectivity index (χ3n) is 5.64. The predicted octanol–water partition coefficient (Wildman–Crippen LogP) is 3.18. The number of amides is 1. The zero-order chi connectivity index (χ0) is 22.9. The van der Waals surface area contributed by atoms with Gasteiger partial charge in [0.1, 0.15) is 17.7 Å². The van der Waals surface area contributed by atoms with E-state index >= 15 is 0 Å². The van der Waals surface area contributed by atoms with Gasteiger partial charge in [-0.2, -0.15) is 10.2 Å². The molecule has 11 nitrogen and oxygen atoms in total. The number of rotatable bonds is 8. The number of carbonyl (C=O) groups excluding carboxylic acids is 1. The van der Waals surface area contributed by atoms with E-state index < -0.39 is 6.09 Å². The summed E-state index contributed by atoms with van der Waals surface area (Å²) in [5.41, 5.74) is 3.53. The average Bonchev–Trinajstić information content (AvgIpc) is 3.14. The lowest BCUT2D eigenvalue weighted by Gasteiger charge is -2.13. The maximum absolute atomic E-state index is 11.8. The lowest BCUT2D eigenvalue weighted by molar-refractivity contribution is 0.0682. The molecule has 33 heavy (non-hydrogen) atoms. The molecule has 0 spiro atoms. The van der Waals surface area contributed by atoms with Crippen LogP contribution < -0.4 is 10.6 Å². The first-order valence-corrected chi connectivity index (χ1v) is 11.3. The van der Waals surface area contributed by atoms with E-state index in [1.165, 1.54) is 0 Å². The van der Waals surface area contributed by atoms with E-state index in [0.717, 1.165) is 35.4 Å². The van der Waals surface area contributed by atoms with Gasteiger partial charge in [0.25, 0.3) is 0 Å². The number of fused-ring (bicyclic) bond motifs is 1. The fourth-order valence-corrected chi connectivity index (χ4v) is 3.95. The Hall–Kier alpha value is -3.18. The Morgan fingerprint density at radius 3 is 2.97 bits per heavy atom. The molecule has 11 heteroatoms. The number of alkyl carbamates (subject to hydrolysis) is 1. The van der Waals surface area contributed by atoms with Crippen LogP contribution in [0.3, 0.4) is 0 Å². The number of nitrogens with one attached hydrogen (secondary N) is 3. The van der Waals surface area contributed by atoms with Gasteiger partial charge in [-0.1, -0.05) is 0 Å². The Bertz CT molecular complexity index is 1140. The molecule has 1 saturated carbocycles. The summed E-state index contributed by atoms with van der Waals surface area (Å²) < 4.78 is 18.4. The van der Waals surface area contributed by atoms with Gasteiger partial charge >= 0.3 is 6.09 Å². The molecule has 3 aromatic heterocycles. The Kier molecular flexibility index (Phi) is 5.90. The molecule has 2 atom stereocenters. The SMILES string of the molecule is COCc1cc2c(Nc3cc(C4CC(OC(=O)NC(C)C)CO4)[nH]n3)nc(C3CC3)cn2n1. The molecule has 2 aliphatic rings. The largest absolute Gasteiger partial charge is 0.444 e. The molecule has 4 heterocycles. The standard InChI is InChI=1S/C22H29N7O4/c1-12(2)23-22(30)33-15-7-19(32-11-15)16-8-20(27-26-16)25-21-18-6-14(10-31-3)28-29(18)9-17(24-21)13-4-5-13/h6,8-9,12-13,15,19H,4-5,7,10-11H2,1-3H3,(H,23,30)(H2,24,25,26,27). The summed E-state index contributed by atoms with van der Waals surface area (Å²) in [6.07, 6.45) is 3.91. The molecule has 176 valence electrons. The van der Waals surface area contributed by atoms with E-state index in [2.05, 4.69) is 25.9 Å². The molecule has 5 rings (SSSR count). The summed E-state index contributed by atoms with van der Waals surface area (Å²) in [5, 5.41) is 18.1. The predicted molar refractivity (Wildman–Crippen MR) is 119 cm³/mol. The number of carbonyl (C=O) groups is 1. The van der Waals surface area contributed by atoms with Gasteiger partial charge in [-0.3, -0.25) is 5.10 Å². The Labute approximate surface area is 191 Å². The van der Waals surface area contributed by atoms with Crippen LogP contribution in [0, 0.1) is 0 Å². The number of hydrogen-bond donors (Lipinski definition) is 3. The number of H-pyrrole nitrogens is 1. The summed E-state index contributed by atoms with van der Waals surface area (Å²) in [6, 6.07) is 3.89. The number of nitrogens with zero attached hydrogens (tertiary/aromatic N) is 4. The summed E-state index contributed by atoms with van der Waals surface area (Å²) in [4.78, 5) is 16.7. The monoisotopic (exact) mass is 455 g/mol. The summed E-state index contributed by atoms with van der Waals surface area (Å²) >= 11 is 0. The highest BCUT2D eigenvalue weighted by atomic mass is 16.6. The molecule has 0 aromatic carbocycles. The minimum Gasteiger partial charge on any atom is -0.444 e. The number of ether oxygens (including phenoxy) is 3. The molecule has 1 amide bonds. The lowest BCUT2D eigenvalue weighted by Crippen LogP contribution is -2.33. The van der Waals surface area contributed by atoms with Crippen molar-refractivity contribution in [2.75, 3.05) is 19.0 Å². The minimum absolute atomic E-state index is 0.0247. The number of aromatic amines is 1. The maximum atomic E-state index is 11.8. The van der Waals surface area contributed by atoms with Crippen molar-refractivity contribution < 1.29 is 19.0 Å². The topological polar surface area (TPSA) is 128 Å². The number of anilines is 2. The molecule has 1 saturated heterocycles. The van der Waals surface area contributed by atoms with Crippen molar-refractivity contribution in [2.24, 2.45) is 0 Å². The van der Waals surface area contributed by atoms with Crippen LogP contribution in [-0.4, -0.2) is 56.8 Å². The second-order valence-corrected chi connectivity index (χ2v) is 8.90. The zero-order valence-electron chi connectivity index (χ0n) is 19.0. The van der Waals surface area contributed by atoms with E-state index in [-0.39, 0.29) is 18.2 Å². The molecular weight excluding hydrogens is 426 g/mol. The summed E-state index contributed by atoms with van der Waals surface area (Å²) in [6.45, 7) is 4.56. The van der Waals surface area contributed by atoms with Crippen LogP contribution in [0.2, 0.25) is 0 Å². The number of methoxy groups -OCH3 is 1. The molecule has 2 unspecified atom stereocenters. The first kappa shape index (κ1) is 21.7. The highest BCUT2D eigenvalue weighted by Crippen LogP contribution is 2.40. The van der Waals surface area contributed by atoms with Crippen molar-refractivity contribution in [1.82, 2.24) is 30.1 Å². The molecular formula is C22H29N7O4. The molecule has 0 bridgehead atoms. The molecule has 1 aliphatic heterocycles. The van der Waals surface area contributed by atoms with Gasteiger partial charge in [0.15, 0.2) is 11.6 Å². The van der Waals surface area contributed by atoms with Crippen molar-refractivity contribution in [3.05, 3.63) is 35.4 Å². The first-order valence-electron chi connectivity index (χ1n) is 11.3. The van der Waals surface area contributed by atoms with Crippen LogP contribution in [0.5, 0.6) is 0 Å². The molecule has 2 fully saturated rings. The Morgan fingerprint density at radius 1 is 1.36 bits per heavy atom. The van der Waals surface area contributed by atoms with E-state index in [9.17, 15) is 4.79 Å². The quantitative estimate of drug-likeness (QED) is 0.473. The van der Waals surface area contributed by atoms with Crippen LogP contribution in [-0.2, 0) is 20.8 Å². The fraction of sp³-hybridized carbons (Fsp3) is 0.545. The van der Waals surface area contributed by atoms with E-state index in [1.54, 1.807) is 7.11 Å². The second kappa shape index (κ2) is 8.99. The lowest BCUT2D eigenvalue weighted by atomic mass is 10.1. The highest BCUT2D eigenvalue weighted by Gasteiger charge is 2.31. The normalized spacial score (nSPS) is 20.5. The van der Waals surface area contributed by atoms with Gasteiger partial charge in [0.05, 0.1) is 36.5 Å². The van der Waals surface area contributed by atoms with Crippen molar-refractivity contribution in [3.63, 3.8) is 0 Å². The van der Waals surface area contributed by atoms with Crippen LogP contribution in [0.4, 0.5) is 16.4 Å². The maximum Gasteiger partial charge on any atom is 0.407 e. The minimum atomic E-state index is -0.425. The van der Waals surface area contributed by atoms with E-state index in [1.807, 2.05) is 36.7 Å². The van der Waals surface area contributed by atoms with Gasteiger partial charge in [-0.15, -0.1) is 0 Å². The van der Waals surface area contributed by atoms with Crippen molar-refractivity contribution in [2.45, 2.75) is 63.9 Å². The molecule has 1 aliphatic carbocycles. The number of aromatic nitrogens is 5. The molecule has 3 N–H and O–H groups in total. The zero-order valence-corrected chi connectivity index (χ0v) is 19.0. The number of hydrogen-bond acceptors (Lipinski definition) is 8. The van der Waals surface area contributed by atoms with Crippen molar-refractivity contribution >= 4 is 23.2 Å². The van der Waals surface area contributed by atoms with Crippen LogP contribution in [0.1, 0.15) is 62.2 Å². The smallest absolute Gasteiger partial charge is 0.407 e. The Balaban J connectivity index is 1.29. The fourth-order valence-electron chi connectivity index (χ4n) is 3.95. The van der Waals surface area contributed by atoms with Gasteiger partial charge in [-0.25, -0.2) is 14.3 Å². The third kappa shape index (κ3) is 4.93. The van der Waals surface area contributed by atoms with Gasteiger partial charge in [0, 0.05) is 31.6 Å². The first-order chi connectivity index (χ1) is 16.0. The van der Waals surface area contributed by atoms with Crippen LogP contribution >= 0.6 is 0 Å². The van der Waals surface area contributed by atoms with E-state index in [0.29, 0.717) is 37.2 Å². The van der Waals surface area contributed by atoms with E-state index in [4.69, 9.17) is 19.2 Å². The van der Waals surface area contributed by atoms with Gasteiger partial charge in [0.2, 0.25) is 0 Å².